The number of thiazole rings is 1. The highest BCUT2D eigenvalue weighted by molar-refractivity contribution is 7.17. The van der Waals surface area contributed by atoms with Crippen LogP contribution in [0.5, 0.6) is 10.8 Å². The number of piperidine rings is 1. The van der Waals surface area contributed by atoms with E-state index in [1.165, 1.54) is 23.5 Å². The Kier molecular flexibility index (Phi) is 5.27. The van der Waals surface area contributed by atoms with Crippen LogP contribution in [0.3, 0.4) is 0 Å². The molecule has 0 unspecified atom stereocenters. The summed E-state index contributed by atoms with van der Waals surface area (Å²) in [4.78, 5) is 7.06. The zero-order valence-corrected chi connectivity index (χ0v) is 16.4. The summed E-state index contributed by atoms with van der Waals surface area (Å²) in [6, 6.07) is 15.9. The quantitative estimate of drug-likeness (QED) is 0.558. The monoisotopic (exact) mass is 393 g/mol. The second-order valence-electron chi connectivity index (χ2n) is 7.02. The second-order valence-corrected chi connectivity index (χ2v) is 7.96. The molecule has 1 fully saturated rings. The zero-order valence-electron chi connectivity index (χ0n) is 15.6. The lowest BCUT2D eigenvalue weighted by atomic mass is 10.00. The Morgan fingerprint density at radius 2 is 1.93 bits per heavy atom. The molecule has 0 saturated carbocycles. The van der Waals surface area contributed by atoms with E-state index in [1.54, 1.807) is 6.07 Å². The fourth-order valence-corrected chi connectivity index (χ4v) is 4.24. The molecule has 0 atom stereocenters. The molecule has 0 aliphatic carbocycles. The van der Waals surface area contributed by atoms with Gasteiger partial charge in [-0.15, -0.1) is 0 Å². The first-order chi connectivity index (χ1) is 13.6. The summed E-state index contributed by atoms with van der Waals surface area (Å²) in [5.41, 5.74) is 1.23. The molecule has 1 aromatic heterocycles. The molecule has 2 aromatic carbocycles. The van der Waals surface area contributed by atoms with Crippen LogP contribution in [0.15, 0.2) is 48.5 Å². The van der Waals surface area contributed by atoms with Crippen molar-refractivity contribution in [1.29, 1.82) is 5.26 Å². The molecule has 1 aliphatic heterocycles. The summed E-state index contributed by atoms with van der Waals surface area (Å²) in [6.45, 7) is 4.19. The van der Waals surface area contributed by atoms with E-state index >= 15 is 0 Å². The molecule has 6 heteroatoms. The summed E-state index contributed by atoms with van der Waals surface area (Å²) in [5, 5.41) is 10.5. The van der Waals surface area contributed by atoms with Gasteiger partial charge >= 0.3 is 0 Å². The summed E-state index contributed by atoms with van der Waals surface area (Å²) in [6.07, 6.45) is 2.27. The standard InChI is InChI=1S/C22H20FN3OS/c1-15-9-11-26(12-10-15)22-25-20(16-7-8-17(14-24)19(23)13-16)21(28-22)27-18-5-3-2-4-6-18/h2-8,13,15H,9-12H2,1H3. The second kappa shape index (κ2) is 7.99. The molecular formula is C22H20FN3OS. The Hall–Kier alpha value is -2.91. The zero-order chi connectivity index (χ0) is 19.5. The largest absolute Gasteiger partial charge is 0.444 e. The van der Waals surface area contributed by atoms with E-state index in [0.717, 1.165) is 37.0 Å². The minimum Gasteiger partial charge on any atom is -0.444 e. The third-order valence-electron chi connectivity index (χ3n) is 4.96. The molecule has 0 N–H and O–H groups in total. The predicted octanol–water partition coefficient (Wildman–Crippen LogP) is 5.85. The number of hydrogen-bond acceptors (Lipinski definition) is 5. The van der Waals surface area contributed by atoms with Crippen molar-refractivity contribution in [2.75, 3.05) is 18.0 Å². The first kappa shape index (κ1) is 18.5. The van der Waals surface area contributed by atoms with Crippen LogP contribution in [0.2, 0.25) is 0 Å². The number of ether oxygens (including phenoxy) is 1. The molecule has 28 heavy (non-hydrogen) atoms. The van der Waals surface area contributed by atoms with E-state index in [4.69, 9.17) is 15.0 Å². The number of hydrogen-bond donors (Lipinski definition) is 0. The summed E-state index contributed by atoms with van der Waals surface area (Å²) >= 11 is 1.48. The number of nitriles is 1. The Bertz CT molecular complexity index is 1000. The van der Waals surface area contributed by atoms with Crippen molar-refractivity contribution in [2.24, 2.45) is 5.92 Å². The molecule has 142 valence electrons. The minimum absolute atomic E-state index is 0.0229. The van der Waals surface area contributed by atoms with Crippen molar-refractivity contribution in [1.82, 2.24) is 4.98 Å². The highest BCUT2D eigenvalue weighted by Gasteiger charge is 2.23. The van der Waals surface area contributed by atoms with Gasteiger partial charge in [0.2, 0.25) is 5.06 Å². The van der Waals surface area contributed by atoms with E-state index in [0.29, 0.717) is 22.1 Å². The van der Waals surface area contributed by atoms with Crippen LogP contribution >= 0.6 is 11.3 Å². The third kappa shape index (κ3) is 3.85. The van der Waals surface area contributed by atoms with Gasteiger partial charge in [0.15, 0.2) is 5.13 Å². The molecule has 3 aromatic rings. The molecule has 0 amide bonds. The van der Waals surface area contributed by atoms with Gasteiger partial charge in [0, 0.05) is 18.7 Å². The van der Waals surface area contributed by atoms with Crippen molar-refractivity contribution in [3.8, 4) is 28.1 Å². The van der Waals surface area contributed by atoms with Crippen molar-refractivity contribution in [3.63, 3.8) is 0 Å². The maximum absolute atomic E-state index is 14.2. The van der Waals surface area contributed by atoms with Gasteiger partial charge < -0.3 is 9.64 Å². The van der Waals surface area contributed by atoms with Crippen molar-refractivity contribution in [3.05, 3.63) is 59.9 Å². The topological polar surface area (TPSA) is 49.2 Å². The van der Waals surface area contributed by atoms with Crippen LogP contribution in [0.4, 0.5) is 9.52 Å². The normalized spacial score (nSPS) is 14.7. The smallest absolute Gasteiger partial charge is 0.210 e. The summed E-state index contributed by atoms with van der Waals surface area (Å²) in [7, 11) is 0. The van der Waals surface area contributed by atoms with Crippen molar-refractivity contribution >= 4 is 16.5 Å². The van der Waals surface area contributed by atoms with Crippen molar-refractivity contribution in [2.45, 2.75) is 19.8 Å². The maximum atomic E-state index is 14.2. The lowest BCUT2D eigenvalue weighted by Gasteiger charge is -2.29. The number of nitrogens with zero attached hydrogens (tertiary/aromatic N) is 3. The van der Waals surface area contributed by atoms with E-state index < -0.39 is 5.82 Å². The van der Waals surface area contributed by atoms with Crippen molar-refractivity contribution < 1.29 is 9.13 Å². The van der Waals surface area contributed by atoms with Crippen LogP contribution in [0, 0.1) is 23.1 Å². The highest BCUT2D eigenvalue weighted by atomic mass is 32.1. The van der Waals surface area contributed by atoms with Crippen LogP contribution in [-0.4, -0.2) is 18.1 Å². The molecule has 0 spiro atoms. The Labute approximate surface area is 167 Å². The van der Waals surface area contributed by atoms with E-state index in [1.807, 2.05) is 36.4 Å². The SMILES string of the molecule is CC1CCN(c2nc(-c3ccc(C#N)c(F)c3)c(Oc3ccccc3)s2)CC1. The Morgan fingerprint density at radius 3 is 2.61 bits per heavy atom. The average molecular weight is 393 g/mol. The predicted molar refractivity (Wildman–Crippen MR) is 109 cm³/mol. The fourth-order valence-electron chi connectivity index (χ4n) is 3.23. The molecule has 2 heterocycles. The van der Waals surface area contributed by atoms with Gasteiger partial charge in [-0.1, -0.05) is 42.5 Å². The van der Waals surface area contributed by atoms with Crippen LogP contribution in [0.25, 0.3) is 11.3 Å². The van der Waals surface area contributed by atoms with Gasteiger partial charge in [-0.05, 0) is 43.0 Å². The summed E-state index contributed by atoms with van der Waals surface area (Å²) in [5.74, 6) is 0.885. The lowest BCUT2D eigenvalue weighted by Crippen LogP contribution is -2.32. The van der Waals surface area contributed by atoms with Gasteiger partial charge in [-0.25, -0.2) is 9.37 Å². The fraction of sp³-hybridized carbons (Fsp3) is 0.273. The lowest BCUT2D eigenvalue weighted by molar-refractivity contribution is 0.438. The molecule has 0 bridgehead atoms. The van der Waals surface area contributed by atoms with Gasteiger partial charge in [0.05, 0.1) is 5.56 Å². The Morgan fingerprint density at radius 1 is 1.18 bits per heavy atom. The van der Waals surface area contributed by atoms with Gasteiger partial charge in [0.1, 0.15) is 23.3 Å². The maximum Gasteiger partial charge on any atom is 0.210 e. The molecule has 4 nitrogen and oxygen atoms in total. The number of para-hydroxylation sites is 1. The third-order valence-corrected chi connectivity index (χ3v) is 5.95. The van der Waals surface area contributed by atoms with E-state index in [9.17, 15) is 4.39 Å². The number of halogens is 1. The first-order valence-electron chi connectivity index (χ1n) is 9.32. The molecule has 4 rings (SSSR count). The minimum atomic E-state index is -0.549. The van der Waals surface area contributed by atoms with Gasteiger partial charge in [-0.2, -0.15) is 5.26 Å². The van der Waals surface area contributed by atoms with E-state index in [2.05, 4.69) is 11.8 Å². The van der Waals surface area contributed by atoms with E-state index in [-0.39, 0.29) is 5.56 Å². The van der Waals surface area contributed by atoms with Gasteiger partial charge in [0.25, 0.3) is 0 Å². The van der Waals surface area contributed by atoms with Crippen LogP contribution in [-0.2, 0) is 0 Å². The van der Waals surface area contributed by atoms with Crippen LogP contribution < -0.4 is 9.64 Å². The van der Waals surface area contributed by atoms with Crippen LogP contribution in [0.1, 0.15) is 25.3 Å². The number of anilines is 1. The number of rotatable bonds is 4. The Balaban J connectivity index is 1.72. The summed E-state index contributed by atoms with van der Waals surface area (Å²) < 4.78 is 20.3. The highest BCUT2D eigenvalue weighted by Crippen LogP contribution is 2.42. The first-order valence-corrected chi connectivity index (χ1v) is 10.1. The number of benzene rings is 2. The molecule has 1 aliphatic rings. The molecule has 0 radical (unpaired) electrons. The molecule has 1 saturated heterocycles. The van der Waals surface area contributed by atoms with Gasteiger partial charge in [-0.3, -0.25) is 0 Å². The molecular weight excluding hydrogens is 373 g/mol. The average Bonchev–Trinajstić information content (AvgIpc) is 3.13. The number of aromatic nitrogens is 1.